The van der Waals surface area contributed by atoms with Crippen molar-refractivity contribution in [2.75, 3.05) is 0 Å². The highest BCUT2D eigenvalue weighted by Crippen LogP contribution is 2.22. The molecule has 15 heavy (non-hydrogen) atoms. The molecule has 2 nitrogen and oxygen atoms in total. The topological polar surface area (TPSA) is 26.3 Å². The lowest BCUT2D eigenvalue weighted by Crippen LogP contribution is -2.23. The summed E-state index contributed by atoms with van der Waals surface area (Å²) in [5.74, 6) is 0.831. The third kappa shape index (κ3) is 4.67. The zero-order valence-corrected chi connectivity index (χ0v) is 10.1. The highest BCUT2D eigenvalue weighted by Gasteiger charge is 2.21. The number of rotatable bonds is 5. The standard InChI is InChI=1S/C13H23O2/c1-3-4-8-11(2)13(14)15-12-9-6-5-7-10-12/h12H,3-10H2,1-2H3. The molecular weight excluding hydrogens is 188 g/mol. The summed E-state index contributed by atoms with van der Waals surface area (Å²) in [6, 6.07) is 0. The van der Waals surface area contributed by atoms with E-state index in [0.717, 1.165) is 38.0 Å². The molecule has 2 heteroatoms. The molecule has 0 N–H and O–H groups in total. The first-order valence-corrected chi connectivity index (χ1v) is 6.27. The fourth-order valence-electron chi connectivity index (χ4n) is 1.98. The van der Waals surface area contributed by atoms with E-state index in [1.165, 1.54) is 19.3 Å². The number of esters is 1. The molecule has 0 bridgehead atoms. The van der Waals surface area contributed by atoms with Crippen LogP contribution in [-0.2, 0) is 9.53 Å². The van der Waals surface area contributed by atoms with Crippen molar-refractivity contribution in [1.82, 2.24) is 0 Å². The molecule has 0 aromatic heterocycles. The van der Waals surface area contributed by atoms with Crippen LogP contribution in [0.1, 0.15) is 65.2 Å². The number of carbonyl (C=O) groups is 1. The van der Waals surface area contributed by atoms with E-state index in [2.05, 4.69) is 6.92 Å². The zero-order chi connectivity index (χ0) is 11.1. The molecule has 1 fully saturated rings. The van der Waals surface area contributed by atoms with Crippen LogP contribution in [0.2, 0.25) is 0 Å². The van der Waals surface area contributed by atoms with E-state index in [1.807, 2.05) is 6.92 Å². The summed E-state index contributed by atoms with van der Waals surface area (Å²) in [7, 11) is 0. The maximum absolute atomic E-state index is 11.7. The second kappa shape index (κ2) is 6.86. The van der Waals surface area contributed by atoms with Gasteiger partial charge in [-0.05, 0) is 39.0 Å². The van der Waals surface area contributed by atoms with Gasteiger partial charge in [-0.1, -0.05) is 26.2 Å². The molecule has 1 saturated carbocycles. The molecule has 0 amide bonds. The predicted octanol–water partition coefficient (Wildman–Crippen LogP) is 3.65. The molecule has 0 aromatic carbocycles. The maximum Gasteiger partial charge on any atom is 0.313 e. The molecule has 0 spiro atoms. The first-order valence-electron chi connectivity index (χ1n) is 6.27. The van der Waals surface area contributed by atoms with Gasteiger partial charge in [0.2, 0.25) is 0 Å². The molecule has 87 valence electrons. The number of hydrogen-bond acceptors (Lipinski definition) is 2. The average Bonchev–Trinajstić information content (AvgIpc) is 2.27. The highest BCUT2D eigenvalue weighted by molar-refractivity contribution is 5.84. The third-order valence-corrected chi connectivity index (χ3v) is 3.08. The van der Waals surface area contributed by atoms with E-state index >= 15 is 0 Å². The van der Waals surface area contributed by atoms with E-state index < -0.39 is 0 Å². The number of unbranched alkanes of at least 4 members (excludes halogenated alkanes) is 1. The highest BCUT2D eigenvalue weighted by atomic mass is 16.5. The molecule has 0 heterocycles. The van der Waals surface area contributed by atoms with Gasteiger partial charge in [-0.3, -0.25) is 4.79 Å². The average molecular weight is 211 g/mol. The monoisotopic (exact) mass is 211 g/mol. The van der Waals surface area contributed by atoms with E-state index in [9.17, 15) is 4.79 Å². The van der Waals surface area contributed by atoms with Crippen molar-refractivity contribution in [2.24, 2.45) is 0 Å². The Bertz CT molecular complexity index is 183. The van der Waals surface area contributed by atoms with Gasteiger partial charge in [-0.2, -0.15) is 0 Å². The molecule has 0 aliphatic heterocycles. The van der Waals surface area contributed by atoms with Gasteiger partial charge >= 0.3 is 5.97 Å². The van der Waals surface area contributed by atoms with Crippen molar-refractivity contribution in [3.63, 3.8) is 0 Å². The summed E-state index contributed by atoms with van der Waals surface area (Å²) in [4.78, 5) is 11.7. The largest absolute Gasteiger partial charge is 0.462 e. The van der Waals surface area contributed by atoms with Crippen LogP contribution < -0.4 is 0 Å². The minimum atomic E-state index is -0.0599. The Morgan fingerprint density at radius 1 is 1.27 bits per heavy atom. The van der Waals surface area contributed by atoms with Crippen molar-refractivity contribution in [2.45, 2.75) is 71.3 Å². The van der Waals surface area contributed by atoms with Gasteiger partial charge in [0.25, 0.3) is 0 Å². The van der Waals surface area contributed by atoms with Crippen molar-refractivity contribution < 1.29 is 9.53 Å². The van der Waals surface area contributed by atoms with Crippen LogP contribution in [0.5, 0.6) is 0 Å². The Kier molecular flexibility index (Phi) is 5.74. The Morgan fingerprint density at radius 3 is 2.53 bits per heavy atom. The minimum Gasteiger partial charge on any atom is -0.462 e. The molecule has 0 saturated heterocycles. The van der Waals surface area contributed by atoms with E-state index in [-0.39, 0.29) is 12.1 Å². The summed E-state index contributed by atoms with van der Waals surface area (Å²) in [6.45, 7) is 4.04. The van der Waals surface area contributed by atoms with E-state index in [4.69, 9.17) is 4.74 Å². The van der Waals surface area contributed by atoms with Gasteiger partial charge in [-0.25, -0.2) is 0 Å². The molecule has 1 aliphatic rings. The Labute approximate surface area is 93.4 Å². The zero-order valence-electron chi connectivity index (χ0n) is 10.1. The molecule has 0 aromatic rings. The van der Waals surface area contributed by atoms with Crippen LogP contribution in [0.25, 0.3) is 0 Å². The number of ether oxygens (including phenoxy) is 1. The van der Waals surface area contributed by atoms with Crippen molar-refractivity contribution in [3.8, 4) is 0 Å². The number of hydrogen-bond donors (Lipinski definition) is 0. The first-order chi connectivity index (χ1) is 7.24. The SMILES string of the molecule is CCCC[C](C)C(=O)OC1CCCCC1. The van der Waals surface area contributed by atoms with Gasteiger partial charge in [0.05, 0.1) is 5.92 Å². The summed E-state index contributed by atoms with van der Waals surface area (Å²) in [5.41, 5.74) is 0. The summed E-state index contributed by atoms with van der Waals surface area (Å²) < 4.78 is 5.47. The van der Waals surface area contributed by atoms with Gasteiger partial charge in [-0.15, -0.1) is 0 Å². The minimum absolute atomic E-state index is 0.0599. The molecule has 1 rings (SSSR count). The van der Waals surface area contributed by atoms with Gasteiger partial charge < -0.3 is 4.74 Å². The summed E-state index contributed by atoms with van der Waals surface area (Å²) in [6.07, 6.45) is 9.16. The third-order valence-electron chi connectivity index (χ3n) is 3.08. The molecular formula is C13H23O2. The second-order valence-corrected chi connectivity index (χ2v) is 4.55. The van der Waals surface area contributed by atoms with Crippen molar-refractivity contribution >= 4 is 5.97 Å². The Balaban J connectivity index is 2.20. The lowest BCUT2D eigenvalue weighted by molar-refractivity contribution is -0.148. The maximum atomic E-state index is 11.7. The predicted molar refractivity (Wildman–Crippen MR) is 61.4 cm³/mol. The summed E-state index contributed by atoms with van der Waals surface area (Å²) in [5, 5.41) is 0. The van der Waals surface area contributed by atoms with E-state index in [0.29, 0.717) is 0 Å². The van der Waals surface area contributed by atoms with Crippen LogP contribution in [0.15, 0.2) is 0 Å². The molecule has 1 aliphatic carbocycles. The quantitative estimate of drug-likeness (QED) is 0.649. The van der Waals surface area contributed by atoms with Crippen LogP contribution in [0, 0.1) is 5.92 Å². The van der Waals surface area contributed by atoms with Gasteiger partial charge in [0.15, 0.2) is 0 Å². The fraction of sp³-hybridized carbons (Fsp3) is 0.846. The molecule has 0 atom stereocenters. The fourth-order valence-corrected chi connectivity index (χ4v) is 1.98. The lowest BCUT2D eigenvalue weighted by atomic mass is 9.97. The van der Waals surface area contributed by atoms with Crippen LogP contribution in [-0.4, -0.2) is 12.1 Å². The first kappa shape index (κ1) is 12.5. The second-order valence-electron chi connectivity index (χ2n) is 4.55. The molecule has 1 radical (unpaired) electrons. The Hall–Kier alpha value is -0.530. The smallest absolute Gasteiger partial charge is 0.313 e. The summed E-state index contributed by atoms with van der Waals surface area (Å²) >= 11 is 0. The molecule has 0 unspecified atom stereocenters. The Morgan fingerprint density at radius 2 is 1.93 bits per heavy atom. The normalized spacial score (nSPS) is 18.1. The van der Waals surface area contributed by atoms with E-state index in [1.54, 1.807) is 0 Å². The van der Waals surface area contributed by atoms with Gasteiger partial charge in [0.1, 0.15) is 6.10 Å². The van der Waals surface area contributed by atoms with Crippen LogP contribution >= 0.6 is 0 Å². The van der Waals surface area contributed by atoms with Gasteiger partial charge in [0, 0.05) is 0 Å². The number of carbonyl (C=O) groups excluding carboxylic acids is 1. The van der Waals surface area contributed by atoms with Crippen molar-refractivity contribution in [3.05, 3.63) is 5.92 Å². The van der Waals surface area contributed by atoms with Crippen molar-refractivity contribution in [1.29, 1.82) is 0 Å². The van der Waals surface area contributed by atoms with Crippen LogP contribution in [0.4, 0.5) is 0 Å². The lowest BCUT2D eigenvalue weighted by Gasteiger charge is -2.23. The van der Waals surface area contributed by atoms with Crippen LogP contribution in [0.3, 0.4) is 0 Å².